The molecule has 74 valence electrons. The van der Waals surface area contributed by atoms with E-state index >= 15 is 0 Å². The molecule has 1 rings (SSSR count). The first-order valence-electron chi connectivity index (χ1n) is 4.24. The van der Waals surface area contributed by atoms with Gasteiger partial charge in [0.15, 0.2) is 0 Å². The zero-order valence-electron chi connectivity index (χ0n) is 7.83. The van der Waals surface area contributed by atoms with Gasteiger partial charge < -0.3 is 5.11 Å². The molecule has 0 saturated heterocycles. The normalized spacial score (nSPS) is 11.4. The molecule has 0 radical (unpaired) electrons. The van der Waals surface area contributed by atoms with Gasteiger partial charge in [0, 0.05) is 5.57 Å². The van der Waals surface area contributed by atoms with Crippen LogP contribution in [0.1, 0.15) is 12.5 Å². The zero-order chi connectivity index (χ0) is 10.6. The van der Waals surface area contributed by atoms with Crippen LogP contribution in [0.15, 0.2) is 35.9 Å². The Bertz CT molecular complexity index is 369. The molecule has 0 saturated carbocycles. The minimum atomic E-state index is -0.971. The van der Waals surface area contributed by atoms with Gasteiger partial charge in [0.1, 0.15) is 5.82 Å². The summed E-state index contributed by atoms with van der Waals surface area (Å²) in [6.07, 6.45) is 1.81. The third-order valence-corrected chi connectivity index (χ3v) is 1.92. The summed E-state index contributed by atoms with van der Waals surface area (Å²) >= 11 is 0. The first-order chi connectivity index (χ1) is 6.61. The van der Waals surface area contributed by atoms with Gasteiger partial charge in [-0.3, -0.25) is 0 Å². The van der Waals surface area contributed by atoms with Crippen LogP contribution in [-0.2, 0) is 11.2 Å². The molecule has 0 unspecified atom stereocenters. The summed E-state index contributed by atoms with van der Waals surface area (Å²) < 4.78 is 13.1. The van der Waals surface area contributed by atoms with Gasteiger partial charge in [0.2, 0.25) is 0 Å². The average Bonchev–Trinajstić information content (AvgIpc) is 2.16. The maximum absolute atomic E-state index is 13.1. The van der Waals surface area contributed by atoms with Gasteiger partial charge in [-0.1, -0.05) is 24.3 Å². The Balaban J connectivity index is 2.76. The Morgan fingerprint density at radius 2 is 2.14 bits per heavy atom. The molecule has 0 amide bonds. The van der Waals surface area contributed by atoms with E-state index in [1.54, 1.807) is 18.2 Å². The van der Waals surface area contributed by atoms with Crippen molar-refractivity contribution in [2.45, 2.75) is 13.3 Å². The molecule has 0 bridgehead atoms. The maximum Gasteiger partial charge on any atom is 0.330 e. The lowest BCUT2D eigenvalue weighted by atomic mass is 10.1. The zero-order valence-corrected chi connectivity index (χ0v) is 7.83. The highest BCUT2D eigenvalue weighted by atomic mass is 19.1. The number of benzene rings is 1. The number of hydrogen-bond donors (Lipinski definition) is 1. The van der Waals surface area contributed by atoms with Gasteiger partial charge in [-0.15, -0.1) is 0 Å². The van der Waals surface area contributed by atoms with E-state index in [1.807, 2.05) is 0 Å². The monoisotopic (exact) mass is 194 g/mol. The van der Waals surface area contributed by atoms with Crippen LogP contribution >= 0.6 is 0 Å². The molecule has 0 atom stereocenters. The van der Waals surface area contributed by atoms with E-state index in [1.165, 1.54) is 19.1 Å². The molecule has 14 heavy (non-hydrogen) atoms. The number of carbonyl (C=O) groups is 1. The first kappa shape index (κ1) is 10.4. The Morgan fingerprint density at radius 1 is 1.50 bits per heavy atom. The molecule has 0 aliphatic carbocycles. The lowest BCUT2D eigenvalue weighted by molar-refractivity contribution is -0.132. The number of halogens is 1. The molecule has 1 aromatic carbocycles. The van der Waals surface area contributed by atoms with Crippen molar-refractivity contribution in [3.63, 3.8) is 0 Å². The molecule has 0 spiro atoms. The average molecular weight is 194 g/mol. The second kappa shape index (κ2) is 4.56. The van der Waals surface area contributed by atoms with Crippen molar-refractivity contribution in [3.8, 4) is 0 Å². The summed E-state index contributed by atoms with van der Waals surface area (Å²) in [7, 11) is 0. The topological polar surface area (TPSA) is 37.3 Å². The Kier molecular flexibility index (Phi) is 3.40. The molecule has 3 heteroatoms. The van der Waals surface area contributed by atoms with Crippen molar-refractivity contribution >= 4 is 5.97 Å². The van der Waals surface area contributed by atoms with Crippen LogP contribution in [0.25, 0.3) is 0 Å². The summed E-state index contributed by atoms with van der Waals surface area (Å²) in [5, 5.41) is 8.57. The lowest BCUT2D eigenvalue weighted by Gasteiger charge is -1.98. The van der Waals surface area contributed by atoms with Gasteiger partial charge in [-0.25, -0.2) is 9.18 Å². The summed E-state index contributed by atoms with van der Waals surface area (Å²) in [5.74, 6) is -1.27. The van der Waals surface area contributed by atoms with Crippen molar-refractivity contribution in [2.75, 3.05) is 0 Å². The third kappa shape index (κ3) is 2.69. The second-order valence-corrected chi connectivity index (χ2v) is 2.99. The van der Waals surface area contributed by atoms with Gasteiger partial charge in [-0.05, 0) is 25.0 Å². The summed E-state index contributed by atoms with van der Waals surface area (Å²) in [4.78, 5) is 10.4. The van der Waals surface area contributed by atoms with Crippen LogP contribution in [0, 0.1) is 5.82 Å². The molecular weight excluding hydrogens is 183 g/mol. The van der Waals surface area contributed by atoms with Crippen LogP contribution in [0.4, 0.5) is 4.39 Å². The Labute approximate surface area is 81.7 Å². The van der Waals surface area contributed by atoms with Crippen molar-refractivity contribution < 1.29 is 14.3 Å². The van der Waals surface area contributed by atoms with Gasteiger partial charge in [0.25, 0.3) is 0 Å². The number of carboxylic acid groups (broad SMARTS) is 1. The van der Waals surface area contributed by atoms with Crippen LogP contribution < -0.4 is 0 Å². The van der Waals surface area contributed by atoms with Crippen LogP contribution in [0.5, 0.6) is 0 Å². The van der Waals surface area contributed by atoms with E-state index in [2.05, 4.69) is 0 Å². The van der Waals surface area contributed by atoms with E-state index < -0.39 is 5.97 Å². The van der Waals surface area contributed by atoms with Crippen LogP contribution in [0.2, 0.25) is 0 Å². The number of hydrogen-bond acceptors (Lipinski definition) is 1. The van der Waals surface area contributed by atoms with Crippen molar-refractivity contribution in [2.24, 2.45) is 0 Å². The number of aliphatic carboxylic acids is 1. The minimum Gasteiger partial charge on any atom is -0.478 e. The fraction of sp³-hybridized carbons (Fsp3) is 0.182. The predicted molar refractivity (Wildman–Crippen MR) is 51.5 cm³/mol. The third-order valence-electron chi connectivity index (χ3n) is 1.92. The summed E-state index contributed by atoms with van der Waals surface area (Å²) in [6, 6.07) is 6.33. The molecule has 1 aromatic rings. The van der Waals surface area contributed by atoms with E-state index in [0.717, 1.165) is 0 Å². The lowest BCUT2D eigenvalue weighted by Crippen LogP contribution is -1.97. The largest absolute Gasteiger partial charge is 0.478 e. The number of carboxylic acids is 1. The van der Waals surface area contributed by atoms with Gasteiger partial charge in [-0.2, -0.15) is 0 Å². The molecule has 0 heterocycles. The molecular formula is C11H11FO2. The maximum atomic E-state index is 13.1. The van der Waals surface area contributed by atoms with Gasteiger partial charge >= 0.3 is 5.97 Å². The van der Waals surface area contributed by atoms with E-state index in [-0.39, 0.29) is 11.4 Å². The molecule has 0 aromatic heterocycles. The first-order valence-corrected chi connectivity index (χ1v) is 4.24. The fourth-order valence-corrected chi connectivity index (χ4v) is 1.01. The molecule has 0 aliphatic heterocycles. The van der Waals surface area contributed by atoms with Crippen molar-refractivity contribution in [1.29, 1.82) is 0 Å². The molecule has 0 fully saturated rings. The highest BCUT2D eigenvalue weighted by Crippen LogP contribution is 2.08. The molecule has 0 aliphatic rings. The number of rotatable bonds is 3. The van der Waals surface area contributed by atoms with E-state index in [4.69, 9.17) is 5.11 Å². The minimum absolute atomic E-state index is 0.230. The molecule has 2 nitrogen and oxygen atoms in total. The van der Waals surface area contributed by atoms with E-state index in [0.29, 0.717) is 12.0 Å². The standard InChI is InChI=1S/C11H11FO2/c1-8(11(13)14)6-7-9-4-2-3-5-10(9)12/h2-6H,7H2,1H3,(H,13,14)/b8-6+. The molecule has 1 N–H and O–H groups in total. The van der Waals surface area contributed by atoms with Crippen molar-refractivity contribution in [1.82, 2.24) is 0 Å². The summed E-state index contributed by atoms with van der Waals surface area (Å²) in [5.41, 5.74) is 0.737. The Morgan fingerprint density at radius 3 is 2.71 bits per heavy atom. The SMILES string of the molecule is C/C(=C\Cc1ccccc1F)C(=O)O. The summed E-state index contributed by atoms with van der Waals surface area (Å²) in [6.45, 7) is 1.49. The highest BCUT2D eigenvalue weighted by molar-refractivity contribution is 5.85. The van der Waals surface area contributed by atoms with Crippen LogP contribution in [-0.4, -0.2) is 11.1 Å². The van der Waals surface area contributed by atoms with E-state index in [9.17, 15) is 9.18 Å². The van der Waals surface area contributed by atoms with Crippen LogP contribution in [0.3, 0.4) is 0 Å². The Hall–Kier alpha value is -1.64. The quantitative estimate of drug-likeness (QED) is 0.750. The van der Waals surface area contributed by atoms with Gasteiger partial charge in [0.05, 0.1) is 0 Å². The number of allylic oxidation sites excluding steroid dienone is 1. The fourth-order valence-electron chi connectivity index (χ4n) is 1.01. The van der Waals surface area contributed by atoms with Crippen molar-refractivity contribution in [3.05, 3.63) is 47.3 Å². The highest BCUT2D eigenvalue weighted by Gasteiger charge is 2.01. The smallest absolute Gasteiger partial charge is 0.330 e. The second-order valence-electron chi connectivity index (χ2n) is 2.99. The predicted octanol–water partition coefficient (Wildman–Crippen LogP) is 2.40.